The van der Waals surface area contributed by atoms with Crippen molar-refractivity contribution in [2.24, 2.45) is 0 Å². The van der Waals surface area contributed by atoms with Crippen LogP contribution in [0.5, 0.6) is 11.5 Å². The zero-order valence-electron chi connectivity index (χ0n) is 12.3. The van der Waals surface area contributed by atoms with Crippen LogP contribution in [-0.4, -0.2) is 46.3 Å². The summed E-state index contributed by atoms with van der Waals surface area (Å²) in [4.78, 5) is 2.37. The predicted octanol–water partition coefficient (Wildman–Crippen LogP) is 1.84. The number of hydrogen-bond donors (Lipinski definition) is 1. The van der Waals surface area contributed by atoms with Gasteiger partial charge in [-0.15, -0.1) is 0 Å². The molecule has 19 heavy (non-hydrogen) atoms. The van der Waals surface area contributed by atoms with Crippen LogP contribution in [0.15, 0.2) is 18.2 Å². The highest BCUT2D eigenvalue weighted by atomic mass is 16.5. The molecule has 0 spiro atoms. The van der Waals surface area contributed by atoms with Crippen molar-refractivity contribution in [1.82, 2.24) is 10.2 Å². The van der Waals surface area contributed by atoms with Crippen molar-refractivity contribution in [1.29, 1.82) is 0 Å². The number of piperidine rings is 1. The van der Waals surface area contributed by atoms with Crippen LogP contribution in [0.3, 0.4) is 0 Å². The zero-order chi connectivity index (χ0) is 13.9. The van der Waals surface area contributed by atoms with Crippen LogP contribution >= 0.6 is 0 Å². The molecule has 1 N–H and O–H groups in total. The van der Waals surface area contributed by atoms with E-state index in [9.17, 15) is 0 Å². The minimum absolute atomic E-state index is 0.00650. The van der Waals surface area contributed by atoms with Crippen LogP contribution in [0.25, 0.3) is 0 Å². The highest BCUT2D eigenvalue weighted by molar-refractivity contribution is 5.45. The molecule has 1 aliphatic rings. The van der Waals surface area contributed by atoms with Crippen LogP contribution in [0.1, 0.15) is 18.4 Å². The Hall–Kier alpha value is -1.26. The molecule has 1 aromatic rings. The van der Waals surface area contributed by atoms with E-state index in [0.717, 1.165) is 31.0 Å². The van der Waals surface area contributed by atoms with Crippen LogP contribution in [0.4, 0.5) is 0 Å². The summed E-state index contributed by atoms with van der Waals surface area (Å²) in [7, 11) is 7.56. The van der Waals surface area contributed by atoms with Gasteiger partial charge in [0, 0.05) is 6.54 Å². The number of rotatable bonds is 4. The van der Waals surface area contributed by atoms with Gasteiger partial charge in [0.25, 0.3) is 0 Å². The van der Waals surface area contributed by atoms with Crippen molar-refractivity contribution in [3.63, 3.8) is 0 Å². The summed E-state index contributed by atoms with van der Waals surface area (Å²) in [6.45, 7) is 2.18. The molecule has 4 heteroatoms. The third-order valence-corrected chi connectivity index (χ3v) is 4.10. The number of likely N-dealkylation sites (N-methyl/N-ethyl adjacent to an activating group) is 2. The Balaban J connectivity index is 2.37. The maximum Gasteiger partial charge on any atom is 0.161 e. The van der Waals surface area contributed by atoms with Gasteiger partial charge in [-0.05, 0) is 51.2 Å². The van der Waals surface area contributed by atoms with E-state index in [1.165, 1.54) is 12.0 Å². The Kier molecular flexibility index (Phi) is 4.32. The van der Waals surface area contributed by atoms with E-state index < -0.39 is 0 Å². The molecule has 0 saturated carbocycles. The second-order valence-corrected chi connectivity index (χ2v) is 5.24. The number of nitrogens with zero attached hydrogens (tertiary/aromatic N) is 1. The summed E-state index contributed by atoms with van der Waals surface area (Å²) in [6.07, 6.45) is 2.34. The Labute approximate surface area is 115 Å². The first-order chi connectivity index (χ1) is 9.15. The van der Waals surface area contributed by atoms with Crippen molar-refractivity contribution in [3.8, 4) is 11.5 Å². The molecule has 2 rings (SSSR count). The summed E-state index contributed by atoms with van der Waals surface area (Å²) in [6, 6.07) is 6.22. The lowest BCUT2D eigenvalue weighted by Crippen LogP contribution is -2.52. The van der Waals surface area contributed by atoms with Crippen LogP contribution in [-0.2, 0) is 5.54 Å². The van der Waals surface area contributed by atoms with Crippen LogP contribution in [0.2, 0.25) is 0 Å². The summed E-state index contributed by atoms with van der Waals surface area (Å²) in [5.74, 6) is 1.57. The molecule has 0 aliphatic carbocycles. The Bertz CT molecular complexity index is 436. The summed E-state index contributed by atoms with van der Waals surface area (Å²) < 4.78 is 10.7. The van der Waals surface area contributed by atoms with Gasteiger partial charge >= 0.3 is 0 Å². The average molecular weight is 264 g/mol. The van der Waals surface area contributed by atoms with E-state index >= 15 is 0 Å². The van der Waals surface area contributed by atoms with E-state index in [1.807, 2.05) is 13.1 Å². The highest BCUT2D eigenvalue weighted by Gasteiger charge is 2.35. The SMILES string of the molecule is CNC1(c2ccc(OC)c(OC)c2)CCCN(C)C1. The molecule has 106 valence electrons. The predicted molar refractivity (Wildman–Crippen MR) is 77.0 cm³/mol. The summed E-state index contributed by atoms with van der Waals surface area (Å²) in [5.41, 5.74) is 1.27. The molecule has 0 bridgehead atoms. The second kappa shape index (κ2) is 5.80. The molecule has 0 amide bonds. The van der Waals surface area contributed by atoms with E-state index in [0.29, 0.717) is 0 Å². The fourth-order valence-corrected chi connectivity index (χ4v) is 2.99. The number of benzene rings is 1. The molecule has 1 atom stereocenters. The second-order valence-electron chi connectivity index (χ2n) is 5.24. The van der Waals surface area contributed by atoms with E-state index in [-0.39, 0.29) is 5.54 Å². The number of ether oxygens (including phenoxy) is 2. The minimum atomic E-state index is 0.00650. The maximum atomic E-state index is 5.42. The van der Waals surface area contributed by atoms with Gasteiger partial charge in [0.15, 0.2) is 11.5 Å². The molecule has 0 radical (unpaired) electrons. The minimum Gasteiger partial charge on any atom is -0.493 e. The van der Waals surface area contributed by atoms with Gasteiger partial charge in [-0.3, -0.25) is 0 Å². The Morgan fingerprint density at radius 2 is 1.95 bits per heavy atom. The van der Waals surface area contributed by atoms with Gasteiger partial charge in [-0.25, -0.2) is 0 Å². The highest BCUT2D eigenvalue weighted by Crippen LogP contribution is 2.36. The van der Waals surface area contributed by atoms with E-state index in [1.54, 1.807) is 14.2 Å². The fourth-order valence-electron chi connectivity index (χ4n) is 2.99. The van der Waals surface area contributed by atoms with Crippen molar-refractivity contribution < 1.29 is 9.47 Å². The average Bonchev–Trinajstić information content (AvgIpc) is 2.46. The van der Waals surface area contributed by atoms with Crippen molar-refractivity contribution in [3.05, 3.63) is 23.8 Å². The summed E-state index contributed by atoms with van der Waals surface area (Å²) >= 11 is 0. The number of methoxy groups -OCH3 is 2. The molecule has 0 aromatic heterocycles. The molecule has 1 aliphatic heterocycles. The summed E-state index contributed by atoms with van der Waals surface area (Å²) in [5, 5.41) is 3.51. The third kappa shape index (κ3) is 2.69. The molecule has 1 saturated heterocycles. The van der Waals surface area contributed by atoms with Gasteiger partial charge in [0.1, 0.15) is 0 Å². The normalized spacial score (nSPS) is 24.2. The Morgan fingerprint density at radius 3 is 2.53 bits per heavy atom. The largest absolute Gasteiger partial charge is 0.493 e. The topological polar surface area (TPSA) is 33.7 Å². The zero-order valence-corrected chi connectivity index (χ0v) is 12.3. The van der Waals surface area contributed by atoms with Crippen LogP contribution < -0.4 is 14.8 Å². The first kappa shape index (κ1) is 14.2. The molecule has 4 nitrogen and oxygen atoms in total. The van der Waals surface area contributed by atoms with Crippen LogP contribution in [0, 0.1) is 0 Å². The van der Waals surface area contributed by atoms with Crippen molar-refractivity contribution in [2.45, 2.75) is 18.4 Å². The lowest BCUT2D eigenvalue weighted by molar-refractivity contribution is 0.151. The molecule has 1 fully saturated rings. The molecule has 1 heterocycles. The smallest absolute Gasteiger partial charge is 0.161 e. The molecular formula is C15H24N2O2. The molecule has 1 unspecified atom stereocenters. The van der Waals surface area contributed by atoms with Gasteiger partial charge in [0.2, 0.25) is 0 Å². The quantitative estimate of drug-likeness (QED) is 0.900. The molecular weight excluding hydrogens is 240 g/mol. The van der Waals surface area contributed by atoms with Gasteiger partial charge in [0.05, 0.1) is 19.8 Å². The molecule has 1 aromatic carbocycles. The van der Waals surface area contributed by atoms with Gasteiger partial charge < -0.3 is 19.7 Å². The first-order valence-electron chi connectivity index (χ1n) is 6.75. The van der Waals surface area contributed by atoms with E-state index in [2.05, 4.69) is 29.4 Å². The number of hydrogen-bond acceptors (Lipinski definition) is 4. The third-order valence-electron chi connectivity index (χ3n) is 4.10. The number of likely N-dealkylation sites (tertiary alicyclic amines) is 1. The monoisotopic (exact) mass is 264 g/mol. The lowest BCUT2D eigenvalue weighted by atomic mass is 9.82. The standard InChI is InChI=1S/C15H24N2O2/c1-16-15(8-5-9-17(2)11-15)12-6-7-13(18-3)14(10-12)19-4/h6-7,10,16H,5,8-9,11H2,1-4H3. The Morgan fingerprint density at radius 1 is 1.21 bits per heavy atom. The van der Waals surface area contributed by atoms with Crippen molar-refractivity contribution in [2.75, 3.05) is 41.4 Å². The maximum absolute atomic E-state index is 5.42. The van der Waals surface area contributed by atoms with Crippen molar-refractivity contribution >= 4 is 0 Å². The van der Waals surface area contributed by atoms with Gasteiger partial charge in [-0.2, -0.15) is 0 Å². The fraction of sp³-hybridized carbons (Fsp3) is 0.600. The van der Waals surface area contributed by atoms with E-state index in [4.69, 9.17) is 9.47 Å². The number of nitrogens with one attached hydrogen (secondary N) is 1. The first-order valence-corrected chi connectivity index (χ1v) is 6.75. The lowest BCUT2D eigenvalue weighted by Gasteiger charge is -2.42. The van der Waals surface area contributed by atoms with Gasteiger partial charge in [-0.1, -0.05) is 6.07 Å².